The molecular formula is C12H21NO. The molecule has 1 fully saturated rings. The lowest BCUT2D eigenvalue weighted by molar-refractivity contribution is -0.118. The van der Waals surface area contributed by atoms with E-state index in [1.807, 2.05) is 6.08 Å². The number of hydrogen-bond donors (Lipinski definition) is 0. The maximum Gasteiger partial charge on any atom is 0.131 e. The van der Waals surface area contributed by atoms with E-state index in [4.69, 9.17) is 0 Å². The van der Waals surface area contributed by atoms with Gasteiger partial charge in [0.15, 0.2) is 0 Å². The molecule has 80 valence electrons. The van der Waals surface area contributed by atoms with Crippen LogP contribution in [0.15, 0.2) is 12.7 Å². The van der Waals surface area contributed by atoms with E-state index < -0.39 is 0 Å². The van der Waals surface area contributed by atoms with E-state index in [1.165, 1.54) is 25.7 Å². The highest BCUT2D eigenvalue weighted by atomic mass is 16.1. The van der Waals surface area contributed by atoms with Crippen molar-refractivity contribution in [2.24, 2.45) is 0 Å². The van der Waals surface area contributed by atoms with E-state index in [1.54, 1.807) is 6.92 Å². The van der Waals surface area contributed by atoms with Crippen molar-refractivity contribution < 1.29 is 4.79 Å². The van der Waals surface area contributed by atoms with Crippen LogP contribution in [0.1, 0.15) is 39.0 Å². The largest absolute Gasteiger partial charge is 0.300 e. The molecule has 0 N–H and O–H groups in total. The summed E-state index contributed by atoms with van der Waals surface area (Å²) in [5, 5.41) is 0. The summed E-state index contributed by atoms with van der Waals surface area (Å²) in [4.78, 5) is 13.5. The molecule has 14 heavy (non-hydrogen) atoms. The summed E-state index contributed by atoms with van der Waals surface area (Å²) in [5.41, 5.74) is 0. The summed E-state index contributed by atoms with van der Waals surface area (Å²) in [7, 11) is 0. The molecule has 0 radical (unpaired) electrons. The van der Waals surface area contributed by atoms with Crippen LogP contribution in [0.4, 0.5) is 0 Å². The van der Waals surface area contributed by atoms with E-state index in [-0.39, 0.29) is 0 Å². The minimum atomic E-state index is 0.311. The van der Waals surface area contributed by atoms with E-state index >= 15 is 0 Å². The third kappa shape index (κ3) is 3.62. The predicted molar refractivity (Wildman–Crippen MR) is 59.3 cm³/mol. The molecule has 2 nitrogen and oxygen atoms in total. The van der Waals surface area contributed by atoms with Gasteiger partial charge < -0.3 is 0 Å². The molecule has 1 unspecified atom stereocenters. The third-order valence-electron chi connectivity index (χ3n) is 2.89. The van der Waals surface area contributed by atoms with Crippen molar-refractivity contribution in [3.05, 3.63) is 12.7 Å². The molecule has 1 heterocycles. The Bertz CT molecular complexity index is 200. The summed E-state index contributed by atoms with van der Waals surface area (Å²) in [6, 6.07) is 0.466. The molecular weight excluding hydrogens is 174 g/mol. The third-order valence-corrected chi connectivity index (χ3v) is 2.89. The Morgan fingerprint density at radius 1 is 1.50 bits per heavy atom. The molecule has 0 aromatic heterocycles. The van der Waals surface area contributed by atoms with Crippen LogP contribution in [0.2, 0.25) is 0 Å². The number of nitrogens with zero attached hydrogens (tertiary/aromatic N) is 1. The van der Waals surface area contributed by atoms with Crippen molar-refractivity contribution in [3.63, 3.8) is 0 Å². The van der Waals surface area contributed by atoms with E-state index in [0.717, 1.165) is 13.1 Å². The standard InChI is InChI=1S/C12H21NO/c1-3-8-13-9-6-4-5-7-12(13)10-11(2)14/h3,12H,1,4-10H2,2H3. The van der Waals surface area contributed by atoms with Crippen LogP contribution in [-0.2, 0) is 4.79 Å². The van der Waals surface area contributed by atoms with Crippen LogP contribution in [0.5, 0.6) is 0 Å². The van der Waals surface area contributed by atoms with Crippen LogP contribution in [-0.4, -0.2) is 29.8 Å². The van der Waals surface area contributed by atoms with Gasteiger partial charge in [0.05, 0.1) is 0 Å². The molecule has 0 aromatic carbocycles. The summed E-state index contributed by atoms with van der Waals surface area (Å²) in [5.74, 6) is 0.311. The second-order valence-corrected chi connectivity index (χ2v) is 4.19. The molecule has 1 aliphatic rings. The summed E-state index contributed by atoms with van der Waals surface area (Å²) in [6.45, 7) is 7.52. The zero-order valence-corrected chi connectivity index (χ0v) is 9.17. The first-order valence-electron chi connectivity index (χ1n) is 5.58. The van der Waals surface area contributed by atoms with E-state index in [0.29, 0.717) is 18.2 Å². The summed E-state index contributed by atoms with van der Waals surface area (Å²) < 4.78 is 0. The lowest BCUT2D eigenvalue weighted by Gasteiger charge is -2.27. The van der Waals surface area contributed by atoms with Crippen LogP contribution in [0.3, 0.4) is 0 Å². The molecule has 0 amide bonds. The second kappa shape index (κ2) is 5.97. The maximum absolute atomic E-state index is 11.1. The zero-order valence-electron chi connectivity index (χ0n) is 9.17. The molecule has 1 rings (SSSR count). The van der Waals surface area contributed by atoms with E-state index in [2.05, 4.69) is 11.5 Å². The lowest BCUT2D eigenvalue weighted by Crippen LogP contribution is -2.36. The van der Waals surface area contributed by atoms with Gasteiger partial charge in [-0.25, -0.2) is 0 Å². The van der Waals surface area contributed by atoms with Crippen molar-refractivity contribution in [1.29, 1.82) is 0 Å². The number of likely N-dealkylation sites (tertiary alicyclic amines) is 1. The van der Waals surface area contributed by atoms with Crippen molar-refractivity contribution in [2.75, 3.05) is 13.1 Å². The Labute approximate surface area is 87.0 Å². The minimum Gasteiger partial charge on any atom is -0.300 e. The van der Waals surface area contributed by atoms with Gasteiger partial charge in [-0.15, -0.1) is 6.58 Å². The zero-order chi connectivity index (χ0) is 10.4. The SMILES string of the molecule is C=CCN1CCCCCC1CC(C)=O. The van der Waals surface area contributed by atoms with Crippen LogP contribution >= 0.6 is 0 Å². The fourth-order valence-electron chi connectivity index (χ4n) is 2.21. The molecule has 2 heteroatoms. The lowest BCUT2D eigenvalue weighted by atomic mass is 10.0. The quantitative estimate of drug-likeness (QED) is 0.642. The maximum atomic E-state index is 11.1. The van der Waals surface area contributed by atoms with Gasteiger partial charge in [0.1, 0.15) is 5.78 Å². The monoisotopic (exact) mass is 195 g/mol. The molecule has 1 atom stereocenters. The van der Waals surface area contributed by atoms with Crippen LogP contribution in [0, 0.1) is 0 Å². The highest BCUT2D eigenvalue weighted by Crippen LogP contribution is 2.19. The first-order valence-corrected chi connectivity index (χ1v) is 5.58. The molecule has 0 spiro atoms. The smallest absolute Gasteiger partial charge is 0.131 e. The van der Waals surface area contributed by atoms with Crippen molar-refractivity contribution in [3.8, 4) is 0 Å². The molecule has 0 bridgehead atoms. The molecule has 0 aliphatic carbocycles. The Kier molecular flexibility index (Phi) is 4.88. The topological polar surface area (TPSA) is 20.3 Å². The number of carbonyl (C=O) groups excluding carboxylic acids is 1. The van der Waals surface area contributed by atoms with Crippen molar-refractivity contribution >= 4 is 5.78 Å². The van der Waals surface area contributed by atoms with Crippen LogP contribution < -0.4 is 0 Å². The Hall–Kier alpha value is -0.630. The fraction of sp³-hybridized carbons (Fsp3) is 0.750. The molecule has 1 saturated heterocycles. The van der Waals surface area contributed by atoms with Gasteiger partial charge in [-0.3, -0.25) is 9.69 Å². The Balaban J connectivity index is 2.53. The van der Waals surface area contributed by atoms with Gasteiger partial charge in [-0.2, -0.15) is 0 Å². The number of carbonyl (C=O) groups is 1. The number of rotatable bonds is 4. The van der Waals surface area contributed by atoms with Crippen LogP contribution in [0.25, 0.3) is 0 Å². The molecule has 1 aliphatic heterocycles. The first-order chi connectivity index (χ1) is 6.74. The normalized spacial score (nSPS) is 24.2. The Morgan fingerprint density at radius 3 is 2.93 bits per heavy atom. The van der Waals surface area contributed by atoms with Crippen molar-refractivity contribution in [1.82, 2.24) is 4.90 Å². The van der Waals surface area contributed by atoms with Crippen molar-refractivity contribution in [2.45, 2.75) is 45.1 Å². The summed E-state index contributed by atoms with van der Waals surface area (Å²) in [6.07, 6.45) is 7.68. The average Bonchev–Trinajstić information content (AvgIpc) is 2.32. The highest BCUT2D eigenvalue weighted by Gasteiger charge is 2.20. The van der Waals surface area contributed by atoms with Gasteiger partial charge in [0.2, 0.25) is 0 Å². The predicted octanol–water partition coefficient (Wildman–Crippen LogP) is 2.40. The van der Waals surface area contributed by atoms with Gasteiger partial charge in [-0.1, -0.05) is 18.9 Å². The molecule has 0 saturated carbocycles. The van der Waals surface area contributed by atoms with Gasteiger partial charge in [0, 0.05) is 19.0 Å². The summed E-state index contributed by atoms with van der Waals surface area (Å²) >= 11 is 0. The fourth-order valence-corrected chi connectivity index (χ4v) is 2.21. The minimum absolute atomic E-state index is 0.311. The average molecular weight is 195 g/mol. The Morgan fingerprint density at radius 2 is 2.29 bits per heavy atom. The number of hydrogen-bond acceptors (Lipinski definition) is 2. The van der Waals surface area contributed by atoms with Gasteiger partial charge in [0.25, 0.3) is 0 Å². The first kappa shape index (κ1) is 11.4. The van der Waals surface area contributed by atoms with Gasteiger partial charge in [-0.05, 0) is 26.3 Å². The second-order valence-electron chi connectivity index (χ2n) is 4.19. The number of ketones is 1. The highest BCUT2D eigenvalue weighted by molar-refractivity contribution is 5.76. The van der Waals surface area contributed by atoms with Gasteiger partial charge >= 0.3 is 0 Å². The molecule has 0 aromatic rings. The number of Topliss-reactive ketones (excluding diaryl/α,β-unsaturated/α-hetero) is 1. The van der Waals surface area contributed by atoms with E-state index in [9.17, 15) is 4.79 Å².